The number of carbonyl (C=O) groups excluding carboxylic acids is 2. The Morgan fingerprint density at radius 3 is 2.54 bits per heavy atom. The van der Waals surface area contributed by atoms with Crippen molar-refractivity contribution in [3.63, 3.8) is 0 Å². The molecule has 0 radical (unpaired) electrons. The van der Waals surface area contributed by atoms with Crippen molar-refractivity contribution in [1.82, 2.24) is 5.43 Å². The van der Waals surface area contributed by atoms with Gasteiger partial charge in [-0.05, 0) is 42.3 Å². The fourth-order valence-corrected chi connectivity index (χ4v) is 2.78. The van der Waals surface area contributed by atoms with Gasteiger partial charge in [-0.1, -0.05) is 30.3 Å². The summed E-state index contributed by atoms with van der Waals surface area (Å²) in [5.41, 5.74) is 9.53. The fourth-order valence-electron chi connectivity index (χ4n) is 1.94. The topological polar surface area (TPSA) is 93.8 Å². The number of nitrogens with zero attached hydrogens (tertiary/aromatic N) is 1. The van der Waals surface area contributed by atoms with E-state index in [0.717, 1.165) is 11.3 Å². The highest BCUT2D eigenvalue weighted by Crippen LogP contribution is 2.17. The highest BCUT2D eigenvalue weighted by molar-refractivity contribution is 7.99. The standard InChI is InChI=1S/C19H21N3O3S/c1-14(26-13-16-5-3-2-4-6-16)19(24)22-21-11-15-7-9-17(10-8-15)25-12-18(20)23/h2-11,14H,12-13H2,1H3,(H2,20,23)(H,22,24)/b21-11-/t14-/m1/s1. The number of amides is 2. The monoisotopic (exact) mass is 371 g/mol. The molecule has 3 N–H and O–H groups in total. The van der Waals surface area contributed by atoms with Crippen molar-refractivity contribution < 1.29 is 14.3 Å². The van der Waals surface area contributed by atoms with Gasteiger partial charge in [0.2, 0.25) is 0 Å². The second kappa shape index (κ2) is 10.2. The molecule has 2 aromatic carbocycles. The molecule has 1 atom stereocenters. The Bertz CT molecular complexity index is 748. The molecule has 26 heavy (non-hydrogen) atoms. The molecule has 2 aromatic rings. The number of thioether (sulfide) groups is 1. The van der Waals surface area contributed by atoms with Crippen LogP contribution in [0.3, 0.4) is 0 Å². The first-order valence-corrected chi connectivity index (χ1v) is 9.09. The molecular weight excluding hydrogens is 350 g/mol. The Morgan fingerprint density at radius 1 is 1.19 bits per heavy atom. The van der Waals surface area contributed by atoms with Crippen molar-refractivity contribution in [1.29, 1.82) is 0 Å². The van der Waals surface area contributed by atoms with Gasteiger partial charge in [0, 0.05) is 5.75 Å². The SMILES string of the molecule is C[C@@H](SCc1ccccc1)C(=O)N/N=C\c1ccc(OCC(N)=O)cc1. The van der Waals surface area contributed by atoms with E-state index in [9.17, 15) is 9.59 Å². The molecule has 0 aliphatic heterocycles. The van der Waals surface area contributed by atoms with Gasteiger partial charge in [-0.15, -0.1) is 11.8 Å². The van der Waals surface area contributed by atoms with Crippen LogP contribution in [0.5, 0.6) is 5.75 Å². The first kappa shape index (κ1) is 19.5. The van der Waals surface area contributed by atoms with Crippen LogP contribution in [0.2, 0.25) is 0 Å². The molecule has 0 saturated carbocycles. The van der Waals surface area contributed by atoms with E-state index in [1.165, 1.54) is 5.56 Å². The zero-order valence-corrected chi connectivity index (χ0v) is 15.2. The number of benzene rings is 2. The molecule has 0 heterocycles. The van der Waals surface area contributed by atoms with Gasteiger partial charge in [0.1, 0.15) is 5.75 Å². The average molecular weight is 371 g/mol. The quantitative estimate of drug-likeness (QED) is 0.522. The van der Waals surface area contributed by atoms with Gasteiger partial charge in [-0.2, -0.15) is 5.10 Å². The van der Waals surface area contributed by atoms with Crippen molar-refractivity contribution in [2.45, 2.75) is 17.9 Å². The molecule has 0 unspecified atom stereocenters. The number of primary amides is 1. The number of carbonyl (C=O) groups is 2. The summed E-state index contributed by atoms with van der Waals surface area (Å²) in [5.74, 6) is 0.628. The summed E-state index contributed by atoms with van der Waals surface area (Å²) >= 11 is 1.55. The Morgan fingerprint density at radius 2 is 1.88 bits per heavy atom. The predicted octanol–water partition coefficient (Wildman–Crippen LogP) is 2.32. The van der Waals surface area contributed by atoms with Gasteiger partial charge in [0.15, 0.2) is 6.61 Å². The maximum absolute atomic E-state index is 12.0. The molecule has 0 aliphatic carbocycles. The van der Waals surface area contributed by atoms with E-state index >= 15 is 0 Å². The molecule has 6 nitrogen and oxygen atoms in total. The third-order valence-corrected chi connectivity index (χ3v) is 4.58. The molecule has 0 fully saturated rings. The Balaban J connectivity index is 1.76. The first-order valence-electron chi connectivity index (χ1n) is 8.04. The van der Waals surface area contributed by atoms with Crippen molar-refractivity contribution in [3.05, 3.63) is 65.7 Å². The van der Waals surface area contributed by atoms with E-state index in [0.29, 0.717) is 5.75 Å². The maximum Gasteiger partial charge on any atom is 0.255 e. The van der Waals surface area contributed by atoms with Crippen molar-refractivity contribution in [2.24, 2.45) is 10.8 Å². The zero-order valence-electron chi connectivity index (χ0n) is 14.4. The largest absolute Gasteiger partial charge is 0.484 e. The average Bonchev–Trinajstić information content (AvgIpc) is 2.66. The number of nitrogens with two attached hydrogens (primary N) is 1. The maximum atomic E-state index is 12.0. The molecular formula is C19H21N3O3S. The number of ether oxygens (including phenoxy) is 1. The third kappa shape index (κ3) is 6.98. The molecule has 2 amide bonds. The molecule has 0 bridgehead atoms. The highest BCUT2D eigenvalue weighted by Gasteiger charge is 2.12. The van der Waals surface area contributed by atoms with Crippen LogP contribution in [0.25, 0.3) is 0 Å². The van der Waals surface area contributed by atoms with Crippen LogP contribution in [0.1, 0.15) is 18.1 Å². The molecule has 0 spiro atoms. The van der Waals surface area contributed by atoms with Crippen LogP contribution >= 0.6 is 11.8 Å². The van der Waals surface area contributed by atoms with Gasteiger partial charge >= 0.3 is 0 Å². The van der Waals surface area contributed by atoms with Gasteiger partial charge in [-0.25, -0.2) is 5.43 Å². The smallest absolute Gasteiger partial charge is 0.255 e. The second-order valence-corrected chi connectivity index (χ2v) is 6.83. The van der Waals surface area contributed by atoms with Crippen LogP contribution in [-0.4, -0.2) is 29.9 Å². The molecule has 136 valence electrons. The molecule has 0 aromatic heterocycles. The lowest BCUT2D eigenvalue weighted by atomic mass is 10.2. The second-order valence-electron chi connectivity index (χ2n) is 5.50. The lowest BCUT2D eigenvalue weighted by Gasteiger charge is -2.09. The number of rotatable bonds is 9. The Hall–Kier alpha value is -2.80. The van der Waals surface area contributed by atoms with E-state index in [2.05, 4.69) is 10.5 Å². The molecule has 7 heteroatoms. The summed E-state index contributed by atoms with van der Waals surface area (Å²) in [7, 11) is 0. The van der Waals surface area contributed by atoms with Gasteiger partial charge < -0.3 is 10.5 Å². The zero-order chi connectivity index (χ0) is 18.8. The summed E-state index contributed by atoms with van der Waals surface area (Å²) in [4.78, 5) is 22.7. The van der Waals surface area contributed by atoms with Crippen LogP contribution < -0.4 is 15.9 Å². The fraction of sp³-hybridized carbons (Fsp3) is 0.211. The van der Waals surface area contributed by atoms with Crippen LogP contribution in [0, 0.1) is 0 Å². The van der Waals surface area contributed by atoms with Gasteiger partial charge in [0.05, 0.1) is 11.5 Å². The number of nitrogens with one attached hydrogen (secondary N) is 1. The van der Waals surface area contributed by atoms with E-state index in [-0.39, 0.29) is 17.8 Å². The minimum atomic E-state index is -0.530. The lowest BCUT2D eigenvalue weighted by molar-refractivity contribution is -0.120. The van der Waals surface area contributed by atoms with E-state index in [4.69, 9.17) is 10.5 Å². The van der Waals surface area contributed by atoms with Crippen LogP contribution in [0.15, 0.2) is 59.7 Å². The predicted molar refractivity (Wildman–Crippen MR) is 104 cm³/mol. The third-order valence-electron chi connectivity index (χ3n) is 3.36. The lowest BCUT2D eigenvalue weighted by Crippen LogP contribution is -2.27. The highest BCUT2D eigenvalue weighted by atomic mass is 32.2. The van der Waals surface area contributed by atoms with Crippen LogP contribution in [0.4, 0.5) is 0 Å². The summed E-state index contributed by atoms with van der Waals surface area (Å²) in [6.07, 6.45) is 1.55. The number of hydrogen-bond acceptors (Lipinski definition) is 5. The van der Waals surface area contributed by atoms with Crippen molar-refractivity contribution >= 4 is 29.8 Å². The minimum Gasteiger partial charge on any atom is -0.484 e. The van der Waals surface area contributed by atoms with Gasteiger partial charge in [0.25, 0.3) is 11.8 Å². The first-order chi connectivity index (χ1) is 12.5. The van der Waals surface area contributed by atoms with E-state index in [1.54, 1.807) is 42.2 Å². The summed E-state index contributed by atoms with van der Waals surface area (Å²) < 4.78 is 5.17. The normalized spacial score (nSPS) is 11.9. The summed E-state index contributed by atoms with van der Waals surface area (Å²) in [6.45, 7) is 1.69. The summed E-state index contributed by atoms with van der Waals surface area (Å²) in [5, 5.41) is 3.76. The van der Waals surface area contributed by atoms with Crippen LogP contribution in [-0.2, 0) is 15.3 Å². The number of hydrazone groups is 1. The van der Waals surface area contributed by atoms with Crippen molar-refractivity contribution in [3.8, 4) is 5.75 Å². The van der Waals surface area contributed by atoms with E-state index in [1.807, 2.05) is 37.3 Å². The Labute approximate surface area is 156 Å². The molecule has 0 aliphatic rings. The minimum absolute atomic E-state index is 0.149. The Kier molecular flexibility index (Phi) is 7.70. The van der Waals surface area contributed by atoms with E-state index < -0.39 is 5.91 Å². The number of hydrogen-bond donors (Lipinski definition) is 2. The summed E-state index contributed by atoms with van der Waals surface area (Å²) in [6, 6.07) is 16.9. The molecule has 2 rings (SSSR count). The van der Waals surface area contributed by atoms with Gasteiger partial charge in [-0.3, -0.25) is 9.59 Å². The van der Waals surface area contributed by atoms with Crippen molar-refractivity contribution in [2.75, 3.05) is 6.61 Å². The molecule has 0 saturated heterocycles.